The predicted molar refractivity (Wildman–Crippen MR) is 75.7 cm³/mol. The molecule has 0 aromatic carbocycles. The van der Waals surface area contributed by atoms with Crippen LogP contribution >= 0.6 is 11.6 Å². The van der Waals surface area contributed by atoms with Gasteiger partial charge in [0.2, 0.25) is 0 Å². The Morgan fingerprint density at radius 2 is 2.19 bits per heavy atom. The van der Waals surface area contributed by atoms with Crippen LogP contribution in [-0.4, -0.2) is 33.4 Å². The molecule has 3 heterocycles. The van der Waals surface area contributed by atoms with Crippen molar-refractivity contribution in [3.8, 4) is 0 Å². The van der Waals surface area contributed by atoms with E-state index in [1.54, 1.807) is 0 Å². The lowest BCUT2D eigenvalue weighted by Crippen LogP contribution is -2.15. The van der Waals surface area contributed by atoms with Gasteiger partial charge >= 0.3 is 0 Å². The van der Waals surface area contributed by atoms with Gasteiger partial charge in [-0.3, -0.25) is 10.1 Å². The summed E-state index contributed by atoms with van der Waals surface area (Å²) in [6.07, 6.45) is 4.36. The highest BCUT2D eigenvalue weighted by atomic mass is 35.5. The van der Waals surface area contributed by atoms with Crippen molar-refractivity contribution in [1.82, 2.24) is 20.2 Å². The number of pyridine rings is 1. The number of anilines is 1. The maximum absolute atomic E-state index is 13.6. The highest BCUT2D eigenvalue weighted by molar-refractivity contribution is 6.33. The standard InChI is InChI=1S/C13H15ClFN5O/c14-9-5-16-6-10(15)12(9)17-7-11-18-13(20-19-11)8-1-3-21-4-2-8/h5-6,8H,1-4,7H2,(H,16,17)(H,18,19,20). The molecule has 0 saturated carbocycles. The number of aromatic nitrogens is 4. The fourth-order valence-corrected chi connectivity index (χ4v) is 2.49. The van der Waals surface area contributed by atoms with E-state index in [1.165, 1.54) is 6.20 Å². The second-order valence-corrected chi connectivity index (χ2v) is 5.27. The van der Waals surface area contributed by atoms with E-state index in [1.807, 2.05) is 0 Å². The number of nitrogens with one attached hydrogen (secondary N) is 2. The van der Waals surface area contributed by atoms with Gasteiger partial charge in [-0.05, 0) is 12.8 Å². The number of hydrogen-bond donors (Lipinski definition) is 2. The molecule has 3 rings (SSSR count). The second-order valence-electron chi connectivity index (χ2n) is 4.86. The van der Waals surface area contributed by atoms with E-state index in [0.29, 0.717) is 18.3 Å². The zero-order chi connectivity index (χ0) is 14.7. The molecule has 0 aliphatic carbocycles. The van der Waals surface area contributed by atoms with Crippen LogP contribution in [0.2, 0.25) is 5.02 Å². The van der Waals surface area contributed by atoms with Crippen LogP contribution in [0, 0.1) is 5.82 Å². The first kappa shape index (κ1) is 14.2. The number of ether oxygens (including phenoxy) is 1. The minimum atomic E-state index is -0.494. The number of H-pyrrole nitrogens is 1. The molecule has 2 aromatic heterocycles. The van der Waals surface area contributed by atoms with Crippen molar-refractivity contribution in [1.29, 1.82) is 0 Å². The van der Waals surface area contributed by atoms with Gasteiger partial charge in [0.25, 0.3) is 0 Å². The largest absolute Gasteiger partial charge is 0.381 e. The summed E-state index contributed by atoms with van der Waals surface area (Å²) in [6, 6.07) is 0. The van der Waals surface area contributed by atoms with E-state index in [9.17, 15) is 4.39 Å². The lowest BCUT2D eigenvalue weighted by Gasteiger charge is -2.18. The zero-order valence-electron chi connectivity index (χ0n) is 11.3. The van der Waals surface area contributed by atoms with Crippen LogP contribution in [0.25, 0.3) is 0 Å². The van der Waals surface area contributed by atoms with Gasteiger partial charge in [-0.25, -0.2) is 9.37 Å². The van der Waals surface area contributed by atoms with Crippen LogP contribution in [0.15, 0.2) is 12.4 Å². The Morgan fingerprint density at radius 3 is 2.95 bits per heavy atom. The summed E-state index contributed by atoms with van der Waals surface area (Å²) in [5.41, 5.74) is 0.218. The van der Waals surface area contributed by atoms with E-state index < -0.39 is 5.82 Å². The third-order valence-electron chi connectivity index (χ3n) is 3.42. The SMILES string of the molecule is Fc1cncc(Cl)c1NCc1nc(C2CCOCC2)n[nH]1. The van der Waals surface area contributed by atoms with E-state index >= 15 is 0 Å². The van der Waals surface area contributed by atoms with Gasteiger partial charge in [-0.1, -0.05) is 11.6 Å². The van der Waals surface area contributed by atoms with E-state index in [2.05, 4.69) is 25.5 Å². The fraction of sp³-hybridized carbons (Fsp3) is 0.462. The van der Waals surface area contributed by atoms with Crippen LogP contribution < -0.4 is 5.32 Å². The van der Waals surface area contributed by atoms with Crippen LogP contribution in [0.4, 0.5) is 10.1 Å². The average Bonchev–Trinajstić information content (AvgIpc) is 2.97. The third-order valence-corrected chi connectivity index (χ3v) is 3.71. The topological polar surface area (TPSA) is 75.7 Å². The smallest absolute Gasteiger partial charge is 0.166 e. The zero-order valence-corrected chi connectivity index (χ0v) is 12.0. The highest BCUT2D eigenvalue weighted by Gasteiger charge is 2.20. The van der Waals surface area contributed by atoms with Crippen molar-refractivity contribution in [3.05, 3.63) is 34.9 Å². The molecule has 1 aliphatic heterocycles. The Morgan fingerprint density at radius 1 is 1.38 bits per heavy atom. The maximum Gasteiger partial charge on any atom is 0.166 e. The molecule has 0 radical (unpaired) electrons. The quantitative estimate of drug-likeness (QED) is 0.907. The van der Waals surface area contributed by atoms with Gasteiger partial charge < -0.3 is 10.1 Å². The molecular weight excluding hydrogens is 297 g/mol. The molecule has 0 unspecified atom stereocenters. The summed E-state index contributed by atoms with van der Waals surface area (Å²) in [5, 5.41) is 10.2. The molecular formula is C13H15ClFN5O. The molecule has 1 fully saturated rings. The van der Waals surface area contributed by atoms with Crippen LogP contribution in [0.3, 0.4) is 0 Å². The normalized spacial score (nSPS) is 16.1. The van der Waals surface area contributed by atoms with Crippen molar-refractivity contribution in [2.75, 3.05) is 18.5 Å². The molecule has 1 saturated heterocycles. The predicted octanol–water partition coefficient (Wildman–Crippen LogP) is 2.50. The van der Waals surface area contributed by atoms with E-state index in [0.717, 1.165) is 38.1 Å². The van der Waals surface area contributed by atoms with Gasteiger partial charge in [-0.2, -0.15) is 5.10 Å². The summed E-state index contributed by atoms with van der Waals surface area (Å²) in [4.78, 5) is 8.11. The lowest BCUT2D eigenvalue weighted by molar-refractivity contribution is 0.0836. The Bertz CT molecular complexity index is 594. The number of halogens is 2. The summed E-state index contributed by atoms with van der Waals surface area (Å²) in [6.45, 7) is 1.80. The average molecular weight is 312 g/mol. The molecule has 2 N–H and O–H groups in total. The van der Waals surface area contributed by atoms with Gasteiger partial charge in [0.15, 0.2) is 11.6 Å². The maximum atomic E-state index is 13.6. The molecule has 1 aliphatic rings. The number of nitrogens with zero attached hydrogens (tertiary/aromatic N) is 3. The van der Waals surface area contributed by atoms with Crippen molar-refractivity contribution in [2.24, 2.45) is 0 Å². The van der Waals surface area contributed by atoms with Crippen molar-refractivity contribution in [3.63, 3.8) is 0 Å². The van der Waals surface area contributed by atoms with Gasteiger partial charge in [-0.15, -0.1) is 0 Å². The van der Waals surface area contributed by atoms with Crippen LogP contribution in [0.1, 0.15) is 30.4 Å². The number of hydrogen-bond acceptors (Lipinski definition) is 5. The van der Waals surface area contributed by atoms with Gasteiger partial charge in [0.1, 0.15) is 5.82 Å². The fourth-order valence-electron chi connectivity index (χ4n) is 2.28. The summed E-state index contributed by atoms with van der Waals surface area (Å²) in [5.74, 6) is 1.26. The minimum absolute atomic E-state index is 0.218. The number of aromatic amines is 1. The molecule has 0 amide bonds. The molecule has 8 heteroatoms. The molecule has 0 spiro atoms. The third kappa shape index (κ3) is 3.30. The minimum Gasteiger partial charge on any atom is -0.381 e. The molecule has 21 heavy (non-hydrogen) atoms. The Balaban J connectivity index is 1.64. The highest BCUT2D eigenvalue weighted by Crippen LogP contribution is 2.25. The monoisotopic (exact) mass is 311 g/mol. The van der Waals surface area contributed by atoms with E-state index in [4.69, 9.17) is 16.3 Å². The Hall–Kier alpha value is -1.73. The van der Waals surface area contributed by atoms with Crippen LogP contribution in [-0.2, 0) is 11.3 Å². The first-order valence-corrected chi connectivity index (χ1v) is 7.13. The molecule has 6 nitrogen and oxygen atoms in total. The van der Waals surface area contributed by atoms with Crippen molar-refractivity contribution >= 4 is 17.3 Å². The number of rotatable bonds is 4. The summed E-state index contributed by atoms with van der Waals surface area (Å²) >= 11 is 5.90. The lowest BCUT2D eigenvalue weighted by atomic mass is 10.00. The Labute approximate surface area is 126 Å². The van der Waals surface area contributed by atoms with Crippen molar-refractivity contribution in [2.45, 2.75) is 25.3 Å². The first-order valence-electron chi connectivity index (χ1n) is 6.76. The summed E-state index contributed by atoms with van der Waals surface area (Å²) < 4.78 is 18.9. The molecule has 112 valence electrons. The van der Waals surface area contributed by atoms with Gasteiger partial charge in [0, 0.05) is 25.3 Å². The molecule has 2 aromatic rings. The second kappa shape index (κ2) is 6.36. The first-order chi connectivity index (χ1) is 10.2. The Kier molecular flexibility index (Phi) is 4.31. The van der Waals surface area contributed by atoms with Crippen molar-refractivity contribution < 1.29 is 9.13 Å². The van der Waals surface area contributed by atoms with Gasteiger partial charge in [0.05, 0.1) is 23.5 Å². The molecule has 0 bridgehead atoms. The summed E-state index contributed by atoms with van der Waals surface area (Å²) in [7, 11) is 0. The van der Waals surface area contributed by atoms with E-state index in [-0.39, 0.29) is 10.7 Å². The molecule has 0 atom stereocenters. The van der Waals surface area contributed by atoms with Crippen LogP contribution in [0.5, 0.6) is 0 Å².